The molecule has 0 aliphatic carbocycles. The number of carbonyl (C=O) groups excluding carboxylic acids is 2. The van der Waals surface area contributed by atoms with E-state index >= 15 is 0 Å². The summed E-state index contributed by atoms with van der Waals surface area (Å²) in [5.74, 6) is -0.00762. The molecule has 8 nitrogen and oxygen atoms in total. The lowest BCUT2D eigenvalue weighted by molar-refractivity contribution is -0.140. The molecule has 1 N–H and O–H groups in total. The Bertz CT molecular complexity index is 1180. The summed E-state index contributed by atoms with van der Waals surface area (Å²) in [6.45, 7) is 12.8. The van der Waals surface area contributed by atoms with Crippen LogP contribution in [0.15, 0.2) is 48.0 Å². The number of likely N-dealkylation sites (tertiary alicyclic amines) is 1. The number of amides is 1. The molecule has 2 heterocycles. The van der Waals surface area contributed by atoms with Crippen LogP contribution in [0.3, 0.4) is 0 Å². The van der Waals surface area contributed by atoms with E-state index in [1.54, 1.807) is 23.1 Å². The number of aliphatic hydroxyl groups excluding tert-OH is 1. The molecule has 2 saturated heterocycles. The number of Topliss-reactive ketones (excluding diaryl/α,β-unsaturated/α-hetero) is 1. The highest BCUT2D eigenvalue weighted by Gasteiger charge is 2.45. The highest BCUT2D eigenvalue weighted by Crippen LogP contribution is 2.40. The van der Waals surface area contributed by atoms with Crippen molar-refractivity contribution in [2.24, 2.45) is 0 Å². The van der Waals surface area contributed by atoms with Gasteiger partial charge in [-0.3, -0.25) is 14.5 Å². The monoisotopic (exact) mass is 536 g/mol. The number of morpholine rings is 1. The molecule has 8 heteroatoms. The number of rotatable bonds is 11. The Balaban J connectivity index is 1.67. The van der Waals surface area contributed by atoms with E-state index in [-0.39, 0.29) is 17.4 Å². The molecule has 0 radical (unpaired) electrons. The SMILES string of the molecule is CCCOc1ccc(C2/C(=C(\O)c3ccc(OC(C)C)c(C)c3)C(=O)C(=O)N2CCCN2CCOCC2)cc1. The highest BCUT2D eigenvalue weighted by atomic mass is 16.5. The third-order valence-corrected chi connectivity index (χ3v) is 7.00. The summed E-state index contributed by atoms with van der Waals surface area (Å²) in [4.78, 5) is 30.6. The van der Waals surface area contributed by atoms with E-state index in [1.807, 2.05) is 52.0 Å². The number of aliphatic hydroxyl groups is 1. The summed E-state index contributed by atoms with van der Waals surface area (Å²) in [6, 6.07) is 12.0. The van der Waals surface area contributed by atoms with E-state index in [9.17, 15) is 14.7 Å². The number of nitrogens with zero attached hydrogens (tertiary/aromatic N) is 2. The summed E-state index contributed by atoms with van der Waals surface area (Å²) in [5, 5.41) is 11.4. The van der Waals surface area contributed by atoms with Gasteiger partial charge in [-0.25, -0.2) is 0 Å². The van der Waals surface area contributed by atoms with Gasteiger partial charge in [0.2, 0.25) is 0 Å². The van der Waals surface area contributed by atoms with Crippen LogP contribution in [0.2, 0.25) is 0 Å². The van der Waals surface area contributed by atoms with Crippen molar-refractivity contribution in [1.82, 2.24) is 9.80 Å². The van der Waals surface area contributed by atoms with Crippen molar-refractivity contribution >= 4 is 17.4 Å². The predicted molar refractivity (Wildman–Crippen MR) is 150 cm³/mol. The molecule has 2 aromatic rings. The first kappa shape index (κ1) is 28.6. The van der Waals surface area contributed by atoms with Crippen LogP contribution < -0.4 is 9.47 Å². The van der Waals surface area contributed by atoms with Crippen molar-refractivity contribution in [3.63, 3.8) is 0 Å². The van der Waals surface area contributed by atoms with Crippen LogP contribution in [0.1, 0.15) is 56.3 Å². The quantitative estimate of drug-likeness (QED) is 0.253. The largest absolute Gasteiger partial charge is 0.507 e. The lowest BCUT2D eigenvalue weighted by atomic mass is 9.94. The molecule has 1 unspecified atom stereocenters. The highest BCUT2D eigenvalue weighted by molar-refractivity contribution is 6.46. The first-order chi connectivity index (χ1) is 18.8. The van der Waals surface area contributed by atoms with Crippen LogP contribution in [0.4, 0.5) is 0 Å². The normalized spacial score (nSPS) is 19.6. The first-order valence-electron chi connectivity index (χ1n) is 13.9. The van der Waals surface area contributed by atoms with Gasteiger partial charge in [-0.1, -0.05) is 19.1 Å². The third kappa shape index (κ3) is 6.81. The zero-order valence-electron chi connectivity index (χ0n) is 23.4. The van der Waals surface area contributed by atoms with E-state index < -0.39 is 17.7 Å². The number of ketones is 1. The van der Waals surface area contributed by atoms with E-state index in [4.69, 9.17) is 14.2 Å². The number of benzene rings is 2. The Labute approximate surface area is 231 Å². The van der Waals surface area contributed by atoms with Gasteiger partial charge in [0.15, 0.2) is 0 Å². The summed E-state index contributed by atoms with van der Waals surface area (Å²) in [6.07, 6.45) is 1.61. The molecule has 2 aliphatic heterocycles. The van der Waals surface area contributed by atoms with Gasteiger partial charge in [-0.05, 0) is 75.1 Å². The second kappa shape index (κ2) is 13.1. The van der Waals surface area contributed by atoms with Gasteiger partial charge in [0.25, 0.3) is 11.7 Å². The van der Waals surface area contributed by atoms with Crippen LogP contribution in [0, 0.1) is 6.92 Å². The van der Waals surface area contributed by atoms with Crippen molar-refractivity contribution in [2.45, 2.75) is 52.7 Å². The fraction of sp³-hybridized carbons (Fsp3) is 0.484. The summed E-state index contributed by atoms with van der Waals surface area (Å²) >= 11 is 0. The minimum Gasteiger partial charge on any atom is -0.507 e. The molecule has 4 rings (SSSR count). The van der Waals surface area contributed by atoms with Crippen molar-refractivity contribution in [2.75, 3.05) is 46.0 Å². The molecular formula is C31H40N2O6. The second-order valence-electron chi connectivity index (χ2n) is 10.4. The van der Waals surface area contributed by atoms with Crippen molar-refractivity contribution in [1.29, 1.82) is 0 Å². The van der Waals surface area contributed by atoms with E-state index in [2.05, 4.69) is 4.90 Å². The molecular weight excluding hydrogens is 496 g/mol. The first-order valence-corrected chi connectivity index (χ1v) is 13.9. The van der Waals surface area contributed by atoms with Crippen LogP contribution >= 0.6 is 0 Å². The minimum absolute atomic E-state index is 0.00946. The summed E-state index contributed by atoms with van der Waals surface area (Å²) in [5.41, 5.74) is 2.16. The standard InChI is InChI=1S/C31H40N2O6/c1-5-17-38-25-10-7-23(8-11-25)28-27(29(34)24-9-12-26(22(4)20-24)39-21(2)3)30(35)31(36)33(28)14-6-13-32-15-18-37-19-16-32/h7-12,20-21,28,34H,5-6,13-19H2,1-4H3/b29-27+. The topological polar surface area (TPSA) is 88.5 Å². The number of carbonyl (C=O) groups is 2. The lowest BCUT2D eigenvalue weighted by Crippen LogP contribution is -2.38. The molecule has 1 atom stereocenters. The van der Waals surface area contributed by atoms with Gasteiger partial charge in [0, 0.05) is 31.7 Å². The summed E-state index contributed by atoms with van der Waals surface area (Å²) < 4.78 is 17.0. The fourth-order valence-electron chi connectivity index (χ4n) is 5.05. The van der Waals surface area contributed by atoms with Gasteiger partial charge in [0.1, 0.15) is 17.3 Å². The molecule has 0 bridgehead atoms. The van der Waals surface area contributed by atoms with E-state index in [1.165, 1.54) is 0 Å². The Morgan fingerprint density at radius 1 is 1.08 bits per heavy atom. The van der Waals surface area contributed by atoms with Crippen LogP contribution in [0.25, 0.3) is 5.76 Å². The third-order valence-electron chi connectivity index (χ3n) is 7.00. The number of hydrogen-bond acceptors (Lipinski definition) is 7. The Morgan fingerprint density at radius 2 is 1.79 bits per heavy atom. The minimum atomic E-state index is -0.693. The molecule has 0 aromatic heterocycles. The molecule has 0 saturated carbocycles. The van der Waals surface area contributed by atoms with Gasteiger partial charge in [-0.15, -0.1) is 0 Å². The van der Waals surface area contributed by atoms with E-state index in [0.29, 0.717) is 44.1 Å². The van der Waals surface area contributed by atoms with Crippen molar-refractivity contribution in [3.8, 4) is 11.5 Å². The summed E-state index contributed by atoms with van der Waals surface area (Å²) in [7, 11) is 0. The second-order valence-corrected chi connectivity index (χ2v) is 10.4. The smallest absolute Gasteiger partial charge is 0.295 e. The lowest BCUT2D eigenvalue weighted by Gasteiger charge is -2.29. The molecule has 2 aliphatic rings. The molecule has 2 aromatic carbocycles. The average Bonchev–Trinajstić information content (AvgIpc) is 3.18. The number of aryl methyl sites for hydroxylation is 1. The Kier molecular flexibility index (Phi) is 9.64. The molecule has 39 heavy (non-hydrogen) atoms. The van der Waals surface area contributed by atoms with E-state index in [0.717, 1.165) is 42.9 Å². The van der Waals surface area contributed by atoms with Gasteiger partial charge in [0.05, 0.1) is 37.5 Å². The zero-order chi connectivity index (χ0) is 27.9. The van der Waals surface area contributed by atoms with Gasteiger partial charge >= 0.3 is 0 Å². The Morgan fingerprint density at radius 3 is 2.44 bits per heavy atom. The zero-order valence-corrected chi connectivity index (χ0v) is 23.4. The molecule has 210 valence electrons. The van der Waals surface area contributed by atoms with Crippen LogP contribution in [-0.2, 0) is 14.3 Å². The molecule has 1 amide bonds. The maximum atomic E-state index is 13.4. The molecule has 0 spiro atoms. The van der Waals surface area contributed by atoms with Gasteiger partial charge < -0.3 is 24.2 Å². The fourth-order valence-corrected chi connectivity index (χ4v) is 5.05. The number of hydrogen-bond donors (Lipinski definition) is 1. The van der Waals surface area contributed by atoms with Crippen LogP contribution in [0.5, 0.6) is 11.5 Å². The maximum absolute atomic E-state index is 13.4. The Hall–Kier alpha value is -3.36. The van der Waals surface area contributed by atoms with Crippen molar-refractivity contribution in [3.05, 3.63) is 64.7 Å². The van der Waals surface area contributed by atoms with Crippen molar-refractivity contribution < 1.29 is 28.9 Å². The average molecular weight is 537 g/mol. The van der Waals surface area contributed by atoms with Crippen LogP contribution in [-0.4, -0.2) is 78.7 Å². The maximum Gasteiger partial charge on any atom is 0.295 e. The molecule has 2 fully saturated rings. The predicted octanol–water partition coefficient (Wildman–Crippen LogP) is 4.72. The van der Waals surface area contributed by atoms with Gasteiger partial charge in [-0.2, -0.15) is 0 Å². The number of ether oxygens (including phenoxy) is 3.